The molecule has 148 valence electrons. The molecule has 0 bridgehead atoms. The number of nitrogens with zero attached hydrogens (tertiary/aromatic N) is 1. The van der Waals surface area contributed by atoms with E-state index in [9.17, 15) is 22.8 Å². The Morgan fingerprint density at radius 1 is 1.03 bits per heavy atom. The Morgan fingerprint density at radius 3 is 2.41 bits per heavy atom. The minimum Gasteiger partial charge on any atom is -0.406 e. The van der Waals surface area contributed by atoms with Gasteiger partial charge in [-0.1, -0.05) is 36.4 Å². The molecule has 1 aliphatic rings. The fourth-order valence-electron chi connectivity index (χ4n) is 3.37. The first-order valence-electron chi connectivity index (χ1n) is 8.77. The van der Waals surface area contributed by atoms with Gasteiger partial charge in [0.05, 0.1) is 17.8 Å². The number of carbonyl (C=O) groups is 2. The summed E-state index contributed by atoms with van der Waals surface area (Å²) in [6, 6.07) is 16.1. The van der Waals surface area contributed by atoms with E-state index in [0.29, 0.717) is 16.9 Å². The van der Waals surface area contributed by atoms with Crippen molar-refractivity contribution in [2.75, 3.05) is 16.8 Å². The van der Waals surface area contributed by atoms with Crippen molar-refractivity contribution in [3.8, 4) is 5.75 Å². The maximum Gasteiger partial charge on any atom is 0.573 e. The van der Waals surface area contributed by atoms with Crippen LogP contribution in [0.5, 0.6) is 5.75 Å². The summed E-state index contributed by atoms with van der Waals surface area (Å²) in [5, 5.41) is 4.46. The lowest BCUT2D eigenvalue weighted by atomic mass is 10.1. The minimum atomic E-state index is -4.77. The monoisotopic (exact) mass is 400 g/mol. The van der Waals surface area contributed by atoms with Gasteiger partial charge in [0.25, 0.3) is 0 Å². The number of hydrogen-bond donors (Lipinski definition) is 1. The van der Waals surface area contributed by atoms with Gasteiger partial charge in [-0.05, 0) is 35.2 Å². The van der Waals surface area contributed by atoms with E-state index in [2.05, 4.69) is 10.1 Å². The molecule has 4 rings (SSSR count). The lowest BCUT2D eigenvalue weighted by Crippen LogP contribution is -2.37. The van der Waals surface area contributed by atoms with Gasteiger partial charge in [-0.3, -0.25) is 9.59 Å². The lowest BCUT2D eigenvalue weighted by Gasteiger charge is -2.21. The molecule has 0 saturated carbocycles. The molecule has 0 atom stereocenters. The molecular formula is C21H15F3N2O3. The number of ether oxygens (including phenoxy) is 1. The maximum atomic E-state index is 13.0. The zero-order chi connectivity index (χ0) is 20.6. The molecule has 0 fully saturated rings. The van der Waals surface area contributed by atoms with Crippen LogP contribution in [-0.2, 0) is 16.0 Å². The standard InChI is InChI=1S/C21H15F3N2O3/c22-21(23,24)29-15-9-7-13(8-10-15)11-19(28)26-12-18(27)25-16-5-1-3-14-4-2-6-17(26)20(14)16/h1-10H,11-12H2,(H,25,27). The molecule has 0 saturated heterocycles. The van der Waals surface area contributed by atoms with Crippen LogP contribution in [0.15, 0.2) is 60.7 Å². The largest absolute Gasteiger partial charge is 0.573 e. The van der Waals surface area contributed by atoms with Crippen LogP contribution < -0.4 is 15.0 Å². The highest BCUT2D eigenvalue weighted by Crippen LogP contribution is 2.35. The van der Waals surface area contributed by atoms with Crippen LogP contribution in [0.3, 0.4) is 0 Å². The fourth-order valence-corrected chi connectivity index (χ4v) is 3.37. The highest BCUT2D eigenvalue weighted by molar-refractivity contribution is 6.16. The second kappa shape index (κ2) is 7.12. The summed E-state index contributed by atoms with van der Waals surface area (Å²) in [6.07, 6.45) is -4.85. The van der Waals surface area contributed by atoms with Crippen LogP contribution >= 0.6 is 0 Å². The molecule has 0 spiro atoms. The highest BCUT2D eigenvalue weighted by Gasteiger charge is 2.31. The second-order valence-corrected chi connectivity index (χ2v) is 6.58. The molecular weight excluding hydrogens is 385 g/mol. The van der Waals surface area contributed by atoms with Gasteiger partial charge in [-0.25, -0.2) is 0 Å². The fraction of sp³-hybridized carbons (Fsp3) is 0.143. The molecule has 8 heteroatoms. The van der Waals surface area contributed by atoms with Crippen LogP contribution in [0.4, 0.5) is 24.5 Å². The summed E-state index contributed by atoms with van der Waals surface area (Å²) >= 11 is 0. The quantitative estimate of drug-likeness (QED) is 0.715. The van der Waals surface area contributed by atoms with Gasteiger partial charge in [0.1, 0.15) is 12.3 Å². The molecule has 1 N–H and O–H groups in total. The SMILES string of the molecule is O=C1CN(C(=O)Cc2ccc(OC(F)(F)F)cc2)c2cccc3cccc(c23)N1. The number of benzene rings is 3. The van der Waals surface area contributed by atoms with Gasteiger partial charge in [0.15, 0.2) is 0 Å². The second-order valence-electron chi connectivity index (χ2n) is 6.58. The number of anilines is 2. The third-order valence-corrected chi connectivity index (χ3v) is 4.56. The van der Waals surface area contributed by atoms with E-state index in [4.69, 9.17) is 0 Å². The van der Waals surface area contributed by atoms with E-state index in [1.807, 2.05) is 18.2 Å². The molecule has 0 unspecified atom stereocenters. The van der Waals surface area contributed by atoms with Gasteiger partial charge in [0.2, 0.25) is 11.8 Å². The number of halogens is 3. The maximum absolute atomic E-state index is 13.0. The van der Waals surface area contributed by atoms with E-state index in [1.54, 1.807) is 18.2 Å². The third kappa shape index (κ3) is 4.01. The summed E-state index contributed by atoms with van der Waals surface area (Å²) in [5.41, 5.74) is 1.75. The number of hydrogen-bond acceptors (Lipinski definition) is 3. The van der Waals surface area contributed by atoms with Crippen molar-refractivity contribution in [2.45, 2.75) is 12.8 Å². The van der Waals surface area contributed by atoms with E-state index in [-0.39, 0.29) is 30.5 Å². The van der Waals surface area contributed by atoms with E-state index in [1.165, 1.54) is 17.0 Å². The number of nitrogens with one attached hydrogen (secondary N) is 1. The van der Waals surface area contributed by atoms with Crippen molar-refractivity contribution in [3.63, 3.8) is 0 Å². The van der Waals surface area contributed by atoms with Gasteiger partial charge in [-0.15, -0.1) is 13.2 Å². The Labute approximate surface area is 163 Å². The Bertz CT molecular complexity index is 1090. The van der Waals surface area contributed by atoms with Crippen LogP contribution in [0.1, 0.15) is 5.56 Å². The van der Waals surface area contributed by atoms with Crippen LogP contribution in [0, 0.1) is 0 Å². The number of amides is 2. The molecule has 0 radical (unpaired) electrons. The third-order valence-electron chi connectivity index (χ3n) is 4.56. The van der Waals surface area contributed by atoms with Crippen molar-refractivity contribution < 1.29 is 27.5 Å². The van der Waals surface area contributed by atoms with Crippen molar-refractivity contribution in [2.24, 2.45) is 0 Å². The number of carbonyl (C=O) groups excluding carboxylic acids is 2. The lowest BCUT2D eigenvalue weighted by molar-refractivity contribution is -0.274. The van der Waals surface area contributed by atoms with E-state index < -0.39 is 6.36 Å². The molecule has 2 amide bonds. The average molecular weight is 400 g/mol. The Morgan fingerprint density at radius 2 is 1.72 bits per heavy atom. The summed E-state index contributed by atoms with van der Waals surface area (Å²) in [7, 11) is 0. The average Bonchev–Trinajstić information content (AvgIpc) is 2.80. The Hall–Kier alpha value is -3.55. The molecule has 5 nitrogen and oxygen atoms in total. The van der Waals surface area contributed by atoms with Crippen molar-refractivity contribution in [3.05, 3.63) is 66.2 Å². The molecule has 0 aliphatic carbocycles. The minimum absolute atomic E-state index is 0.0713. The summed E-state index contributed by atoms with van der Waals surface area (Å²) in [5.74, 6) is -1.02. The predicted molar refractivity (Wildman–Crippen MR) is 102 cm³/mol. The highest BCUT2D eigenvalue weighted by atomic mass is 19.4. The molecule has 1 aliphatic heterocycles. The first-order valence-corrected chi connectivity index (χ1v) is 8.77. The Balaban J connectivity index is 1.62. The van der Waals surface area contributed by atoms with Crippen molar-refractivity contribution in [1.82, 2.24) is 0 Å². The van der Waals surface area contributed by atoms with Gasteiger partial charge in [-0.2, -0.15) is 0 Å². The van der Waals surface area contributed by atoms with Gasteiger partial charge in [0, 0.05) is 5.39 Å². The summed E-state index contributed by atoms with van der Waals surface area (Å²) < 4.78 is 40.7. The molecule has 0 aromatic heterocycles. The van der Waals surface area contributed by atoms with Gasteiger partial charge >= 0.3 is 6.36 Å². The molecule has 1 heterocycles. The summed E-state index contributed by atoms with van der Waals surface area (Å²) in [4.78, 5) is 26.7. The van der Waals surface area contributed by atoms with Crippen LogP contribution in [0.25, 0.3) is 10.8 Å². The predicted octanol–water partition coefficient (Wildman–Crippen LogP) is 4.27. The van der Waals surface area contributed by atoms with Gasteiger partial charge < -0.3 is 15.0 Å². The first-order chi connectivity index (χ1) is 13.8. The van der Waals surface area contributed by atoms with E-state index in [0.717, 1.165) is 22.9 Å². The zero-order valence-electron chi connectivity index (χ0n) is 15.0. The molecule has 29 heavy (non-hydrogen) atoms. The topological polar surface area (TPSA) is 58.6 Å². The Kier molecular flexibility index (Phi) is 4.62. The van der Waals surface area contributed by atoms with Crippen LogP contribution in [0.2, 0.25) is 0 Å². The molecule has 3 aromatic carbocycles. The smallest absolute Gasteiger partial charge is 0.406 e. The van der Waals surface area contributed by atoms with Crippen LogP contribution in [-0.4, -0.2) is 24.7 Å². The zero-order valence-corrected chi connectivity index (χ0v) is 15.0. The van der Waals surface area contributed by atoms with Crippen molar-refractivity contribution >= 4 is 34.0 Å². The number of rotatable bonds is 3. The first kappa shape index (κ1) is 18.8. The molecule has 3 aromatic rings. The number of alkyl halides is 3. The van der Waals surface area contributed by atoms with Crippen molar-refractivity contribution in [1.29, 1.82) is 0 Å². The normalized spacial score (nSPS) is 13.8. The summed E-state index contributed by atoms with van der Waals surface area (Å²) in [6.45, 7) is -0.151. The van der Waals surface area contributed by atoms with E-state index >= 15 is 0 Å².